The molecule has 7 nitrogen and oxygen atoms in total. The molecular formula is C14H20F3N3O4. The van der Waals surface area contributed by atoms with E-state index in [1.165, 1.54) is 0 Å². The van der Waals surface area contributed by atoms with E-state index in [9.17, 15) is 27.6 Å². The SMILES string of the molecule is CC1(C)NC(=O)CCC1NC(=O)N1C[C@@H](C(F)(F)F)[C@H](C(=O)O)C1. The number of carbonyl (C=O) groups excluding carboxylic acids is 2. The molecule has 10 heteroatoms. The van der Waals surface area contributed by atoms with Crippen molar-refractivity contribution in [3.05, 3.63) is 0 Å². The van der Waals surface area contributed by atoms with Crippen molar-refractivity contribution >= 4 is 17.9 Å². The standard InChI is InChI=1S/C14H20F3N3O4/c1-13(2)9(3-4-10(21)19-13)18-12(24)20-5-7(11(22)23)8(6-20)14(15,16)17/h7-9H,3-6H2,1-2H3,(H,18,24)(H,19,21)(H,22,23)/t7-,8-,9?/m1/s1. The fourth-order valence-electron chi connectivity index (χ4n) is 3.19. The summed E-state index contributed by atoms with van der Waals surface area (Å²) in [5.41, 5.74) is -0.736. The van der Waals surface area contributed by atoms with Crippen molar-refractivity contribution in [3.8, 4) is 0 Å². The number of nitrogens with zero attached hydrogens (tertiary/aromatic N) is 1. The number of piperidine rings is 1. The van der Waals surface area contributed by atoms with Crippen LogP contribution < -0.4 is 10.6 Å². The maximum absolute atomic E-state index is 13.0. The van der Waals surface area contributed by atoms with E-state index in [-0.39, 0.29) is 12.3 Å². The highest BCUT2D eigenvalue weighted by molar-refractivity contribution is 5.80. The third kappa shape index (κ3) is 3.73. The van der Waals surface area contributed by atoms with E-state index < -0.39 is 54.7 Å². The first-order valence-electron chi connectivity index (χ1n) is 7.58. The number of urea groups is 1. The number of carboxylic acids is 1. The summed E-state index contributed by atoms with van der Waals surface area (Å²) in [6.07, 6.45) is -4.11. The molecule has 0 saturated carbocycles. The summed E-state index contributed by atoms with van der Waals surface area (Å²) in [6, 6.07) is -1.20. The Morgan fingerprint density at radius 3 is 2.42 bits per heavy atom. The largest absolute Gasteiger partial charge is 0.481 e. The van der Waals surface area contributed by atoms with Crippen LogP contribution in [0, 0.1) is 11.8 Å². The molecule has 0 aliphatic carbocycles. The molecule has 0 spiro atoms. The maximum atomic E-state index is 13.0. The van der Waals surface area contributed by atoms with Crippen LogP contribution in [-0.2, 0) is 9.59 Å². The van der Waals surface area contributed by atoms with Crippen molar-refractivity contribution in [3.63, 3.8) is 0 Å². The number of carbonyl (C=O) groups is 3. The Bertz CT molecular complexity index is 550. The van der Waals surface area contributed by atoms with Crippen LogP contribution in [-0.4, -0.2) is 58.8 Å². The molecule has 24 heavy (non-hydrogen) atoms. The van der Waals surface area contributed by atoms with Gasteiger partial charge >= 0.3 is 18.2 Å². The Morgan fingerprint density at radius 1 is 1.33 bits per heavy atom. The number of aliphatic carboxylic acids is 1. The number of rotatable bonds is 2. The average molecular weight is 351 g/mol. The fourth-order valence-corrected chi connectivity index (χ4v) is 3.19. The van der Waals surface area contributed by atoms with E-state index in [0.29, 0.717) is 6.42 Å². The van der Waals surface area contributed by atoms with Crippen LogP contribution >= 0.6 is 0 Å². The zero-order valence-electron chi connectivity index (χ0n) is 13.3. The van der Waals surface area contributed by atoms with E-state index in [2.05, 4.69) is 10.6 Å². The van der Waals surface area contributed by atoms with E-state index in [1.54, 1.807) is 13.8 Å². The maximum Gasteiger partial charge on any atom is 0.394 e. The number of likely N-dealkylation sites (tertiary alicyclic amines) is 1. The molecule has 0 bridgehead atoms. The molecule has 0 aromatic rings. The van der Waals surface area contributed by atoms with E-state index in [0.717, 1.165) is 4.90 Å². The van der Waals surface area contributed by atoms with Crippen molar-refractivity contribution < 1.29 is 32.7 Å². The van der Waals surface area contributed by atoms with E-state index >= 15 is 0 Å². The van der Waals surface area contributed by atoms with Gasteiger partial charge in [-0.2, -0.15) is 13.2 Å². The van der Waals surface area contributed by atoms with Gasteiger partial charge in [0.15, 0.2) is 0 Å². The van der Waals surface area contributed by atoms with Crippen molar-refractivity contribution in [1.82, 2.24) is 15.5 Å². The van der Waals surface area contributed by atoms with Crippen LogP contribution in [0.1, 0.15) is 26.7 Å². The van der Waals surface area contributed by atoms with Gasteiger partial charge in [0.1, 0.15) is 0 Å². The normalized spacial score (nSPS) is 30.0. The lowest BCUT2D eigenvalue weighted by atomic mass is 9.87. The Hall–Kier alpha value is -2.00. The minimum absolute atomic E-state index is 0.158. The molecule has 3 N–H and O–H groups in total. The van der Waals surface area contributed by atoms with Crippen LogP contribution in [0.15, 0.2) is 0 Å². The first kappa shape index (κ1) is 18.3. The molecule has 0 aromatic heterocycles. The Labute approximate surface area is 136 Å². The molecule has 2 aliphatic heterocycles. The molecule has 1 unspecified atom stereocenters. The number of hydrogen-bond donors (Lipinski definition) is 3. The van der Waals surface area contributed by atoms with Crippen LogP contribution in [0.4, 0.5) is 18.0 Å². The van der Waals surface area contributed by atoms with Gasteiger partial charge in [-0.25, -0.2) is 4.79 Å². The van der Waals surface area contributed by atoms with Crippen LogP contribution in [0.2, 0.25) is 0 Å². The van der Waals surface area contributed by atoms with Crippen molar-refractivity contribution in [1.29, 1.82) is 0 Å². The molecule has 2 saturated heterocycles. The predicted molar refractivity (Wildman–Crippen MR) is 76.0 cm³/mol. The summed E-state index contributed by atoms with van der Waals surface area (Å²) >= 11 is 0. The smallest absolute Gasteiger partial charge is 0.394 e. The van der Waals surface area contributed by atoms with Gasteiger partial charge in [0.2, 0.25) is 5.91 Å². The minimum atomic E-state index is -4.68. The van der Waals surface area contributed by atoms with Gasteiger partial charge in [0.05, 0.1) is 23.4 Å². The van der Waals surface area contributed by atoms with Gasteiger partial charge < -0.3 is 20.6 Å². The van der Waals surface area contributed by atoms with Crippen LogP contribution in [0.3, 0.4) is 0 Å². The highest BCUT2D eigenvalue weighted by Gasteiger charge is 2.53. The quantitative estimate of drug-likeness (QED) is 0.690. The zero-order valence-corrected chi connectivity index (χ0v) is 13.3. The second-order valence-corrected chi connectivity index (χ2v) is 6.81. The summed E-state index contributed by atoms with van der Waals surface area (Å²) in [5.74, 6) is -5.48. The van der Waals surface area contributed by atoms with Gasteiger partial charge in [-0.1, -0.05) is 0 Å². The summed E-state index contributed by atoms with van der Waals surface area (Å²) in [5, 5.41) is 14.3. The van der Waals surface area contributed by atoms with Crippen molar-refractivity contribution in [2.24, 2.45) is 11.8 Å². The molecule has 0 aromatic carbocycles. The summed E-state index contributed by atoms with van der Waals surface area (Å²) < 4.78 is 38.9. The van der Waals surface area contributed by atoms with E-state index in [4.69, 9.17) is 5.11 Å². The van der Waals surface area contributed by atoms with Crippen LogP contribution in [0.5, 0.6) is 0 Å². The lowest BCUT2D eigenvalue weighted by Crippen LogP contribution is -2.63. The van der Waals surface area contributed by atoms with Gasteiger partial charge in [-0.05, 0) is 20.3 Å². The molecule has 2 fully saturated rings. The second kappa shape index (κ2) is 6.14. The summed E-state index contributed by atoms with van der Waals surface area (Å²) in [4.78, 5) is 35.6. The van der Waals surface area contributed by atoms with Crippen molar-refractivity contribution in [2.75, 3.05) is 13.1 Å². The van der Waals surface area contributed by atoms with Gasteiger partial charge in [0.25, 0.3) is 0 Å². The Balaban J connectivity index is 2.05. The van der Waals surface area contributed by atoms with E-state index in [1.807, 2.05) is 0 Å². The highest BCUT2D eigenvalue weighted by Crippen LogP contribution is 2.37. The molecule has 2 heterocycles. The average Bonchev–Trinajstić information content (AvgIpc) is 2.86. The number of alkyl halides is 3. The van der Waals surface area contributed by atoms with Crippen molar-refractivity contribution in [2.45, 2.75) is 44.4 Å². The van der Waals surface area contributed by atoms with Crippen LogP contribution in [0.25, 0.3) is 0 Å². The molecule has 2 aliphatic rings. The number of nitrogens with one attached hydrogen (secondary N) is 2. The highest BCUT2D eigenvalue weighted by atomic mass is 19.4. The predicted octanol–water partition coefficient (Wildman–Crippen LogP) is 0.948. The number of halogens is 3. The molecule has 3 amide bonds. The topological polar surface area (TPSA) is 98.7 Å². The zero-order chi connectivity index (χ0) is 18.3. The first-order chi connectivity index (χ1) is 10.9. The lowest BCUT2D eigenvalue weighted by Gasteiger charge is -2.40. The third-order valence-electron chi connectivity index (χ3n) is 4.64. The molecule has 3 atom stereocenters. The number of amides is 3. The third-order valence-corrected chi connectivity index (χ3v) is 4.64. The van der Waals surface area contributed by atoms with Gasteiger partial charge in [0, 0.05) is 19.5 Å². The Kier molecular flexibility index (Phi) is 4.69. The summed E-state index contributed by atoms with van der Waals surface area (Å²) in [7, 11) is 0. The van der Waals surface area contributed by atoms with Gasteiger partial charge in [-0.3, -0.25) is 9.59 Å². The first-order valence-corrected chi connectivity index (χ1v) is 7.58. The lowest BCUT2D eigenvalue weighted by molar-refractivity contribution is -0.187. The minimum Gasteiger partial charge on any atom is -0.481 e. The molecule has 2 rings (SSSR count). The summed E-state index contributed by atoms with van der Waals surface area (Å²) in [6.45, 7) is 2.23. The Morgan fingerprint density at radius 2 is 1.96 bits per heavy atom. The molecule has 136 valence electrons. The number of carboxylic acid groups (broad SMARTS) is 1. The van der Waals surface area contributed by atoms with Gasteiger partial charge in [-0.15, -0.1) is 0 Å². The second-order valence-electron chi connectivity index (χ2n) is 6.81. The molecular weight excluding hydrogens is 331 g/mol. The number of hydrogen-bond acceptors (Lipinski definition) is 3. The monoisotopic (exact) mass is 351 g/mol. The fraction of sp³-hybridized carbons (Fsp3) is 0.786. The molecule has 0 radical (unpaired) electrons.